The minimum Gasteiger partial charge on any atom is -0.298 e. The Morgan fingerprint density at radius 2 is 1.44 bits per heavy atom. The Kier molecular flexibility index (Phi) is 3.46. The fourth-order valence-electron chi connectivity index (χ4n) is 1.66. The lowest BCUT2D eigenvalue weighted by molar-refractivity contribution is 0.112. The van der Waals surface area contributed by atoms with Crippen molar-refractivity contribution in [2.24, 2.45) is 0 Å². The van der Waals surface area contributed by atoms with Crippen LogP contribution >= 0.6 is 0 Å². The summed E-state index contributed by atoms with van der Waals surface area (Å²) in [5.41, 5.74) is 1.64. The Balaban J connectivity index is 2.25. The molecule has 0 spiro atoms. The molecule has 1 nitrogen and oxygen atoms in total. The normalized spacial score (nSPS) is 10.4. The first-order valence-corrected chi connectivity index (χ1v) is 5.27. The molecule has 4 heteroatoms. The summed E-state index contributed by atoms with van der Waals surface area (Å²) in [7, 11) is 0. The van der Waals surface area contributed by atoms with Crippen LogP contribution in [0, 0.1) is 17.5 Å². The van der Waals surface area contributed by atoms with Crippen LogP contribution in [0.2, 0.25) is 0 Å². The van der Waals surface area contributed by atoms with Crippen LogP contribution in [-0.2, 0) is 6.42 Å². The van der Waals surface area contributed by atoms with Crippen molar-refractivity contribution in [2.75, 3.05) is 0 Å². The summed E-state index contributed by atoms with van der Waals surface area (Å²) >= 11 is 0. The Labute approximate surface area is 102 Å². The van der Waals surface area contributed by atoms with Crippen LogP contribution in [0.15, 0.2) is 36.4 Å². The molecule has 0 N–H and O–H groups in total. The summed E-state index contributed by atoms with van der Waals surface area (Å²) in [6.07, 6.45) is 0.980. The maximum Gasteiger partial charge on any atom is 0.194 e. The molecule has 0 aliphatic rings. The van der Waals surface area contributed by atoms with Crippen molar-refractivity contribution in [2.45, 2.75) is 6.42 Å². The molecule has 2 aromatic carbocycles. The zero-order valence-corrected chi connectivity index (χ0v) is 9.29. The molecular weight excluding hydrogens is 241 g/mol. The smallest absolute Gasteiger partial charge is 0.194 e. The average molecular weight is 250 g/mol. The van der Waals surface area contributed by atoms with Crippen LogP contribution in [0.3, 0.4) is 0 Å². The van der Waals surface area contributed by atoms with Gasteiger partial charge in [0, 0.05) is 5.56 Å². The molecule has 0 fully saturated rings. The first kappa shape index (κ1) is 12.4. The van der Waals surface area contributed by atoms with Crippen molar-refractivity contribution < 1.29 is 18.0 Å². The number of rotatable bonds is 3. The van der Waals surface area contributed by atoms with Crippen molar-refractivity contribution >= 4 is 6.29 Å². The molecule has 0 aliphatic heterocycles. The quantitative estimate of drug-likeness (QED) is 0.601. The van der Waals surface area contributed by atoms with Gasteiger partial charge in [-0.15, -0.1) is 0 Å². The van der Waals surface area contributed by atoms with Gasteiger partial charge in [-0.25, -0.2) is 13.2 Å². The van der Waals surface area contributed by atoms with Crippen LogP contribution in [0.25, 0.3) is 0 Å². The highest BCUT2D eigenvalue weighted by molar-refractivity contribution is 5.74. The molecule has 0 saturated heterocycles. The molecule has 92 valence electrons. The van der Waals surface area contributed by atoms with Gasteiger partial charge in [-0.1, -0.05) is 24.3 Å². The molecule has 0 unspecified atom stereocenters. The van der Waals surface area contributed by atoms with Gasteiger partial charge in [0.05, 0.1) is 0 Å². The summed E-state index contributed by atoms with van der Waals surface area (Å²) in [6.45, 7) is 0. The highest BCUT2D eigenvalue weighted by atomic mass is 19.2. The zero-order valence-electron chi connectivity index (χ0n) is 9.29. The number of hydrogen-bond donors (Lipinski definition) is 0. The van der Waals surface area contributed by atoms with Gasteiger partial charge in [-0.2, -0.15) is 0 Å². The number of benzene rings is 2. The number of halogens is 3. The molecular formula is C14H9F3O. The SMILES string of the molecule is O=Cc1ccc(Cc2cc(F)c(F)c(F)c2)cc1. The zero-order chi connectivity index (χ0) is 13.1. The van der Waals surface area contributed by atoms with E-state index in [1.807, 2.05) is 0 Å². The van der Waals surface area contributed by atoms with E-state index >= 15 is 0 Å². The molecule has 2 rings (SSSR count). The Morgan fingerprint density at radius 1 is 0.889 bits per heavy atom. The average Bonchev–Trinajstić information content (AvgIpc) is 2.37. The van der Waals surface area contributed by atoms with Crippen molar-refractivity contribution in [3.63, 3.8) is 0 Å². The molecule has 0 atom stereocenters. The second kappa shape index (κ2) is 5.04. The maximum atomic E-state index is 13.0. The summed E-state index contributed by atoms with van der Waals surface area (Å²) in [5.74, 6) is -3.86. The highest BCUT2D eigenvalue weighted by Crippen LogP contribution is 2.16. The van der Waals surface area contributed by atoms with Crippen LogP contribution in [0.1, 0.15) is 21.5 Å². The Morgan fingerprint density at radius 3 is 1.94 bits per heavy atom. The van der Waals surface area contributed by atoms with Crippen LogP contribution in [0.5, 0.6) is 0 Å². The molecule has 18 heavy (non-hydrogen) atoms. The van der Waals surface area contributed by atoms with E-state index in [2.05, 4.69) is 0 Å². The predicted molar refractivity (Wildman–Crippen MR) is 61.0 cm³/mol. The maximum absolute atomic E-state index is 13.0. The lowest BCUT2D eigenvalue weighted by atomic mass is 10.0. The molecule has 2 aromatic rings. The molecule has 0 heterocycles. The first-order chi connectivity index (χ1) is 8.60. The van der Waals surface area contributed by atoms with Crippen molar-refractivity contribution in [1.29, 1.82) is 0 Å². The highest BCUT2D eigenvalue weighted by Gasteiger charge is 2.10. The van der Waals surface area contributed by atoms with Crippen molar-refractivity contribution in [3.05, 3.63) is 70.5 Å². The van der Waals surface area contributed by atoms with E-state index in [0.29, 0.717) is 17.4 Å². The summed E-state index contributed by atoms with van der Waals surface area (Å²) < 4.78 is 38.8. The number of carbonyl (C=O) groups is 1. The van der Waals surface area contributed by atoms with Gasteiger partial charge >= 0.3 is 0 Å². The lowest BCUT2D eigenvalue weighted by Crippen LogP contribution is -1.96. The van der Waals surface area contributed by atoms with E-state index in [-0.39, 0.29) is 6.42 Å². The van der Waals surface area contributed by atoms with Crippen molar-refractivity contribution in [3.8, 4) is 0 Å². The van der Waals surface area contributed by atoms with Crippen LogP contribution in [0.4, 0.5) is 13.2 Å². The Hall–Kier alpha value is -2.10. The summed E-state index contributed by atoms with van der Waals surface area (Å²) in [6, 6.07) is 8.51. The van der Waals surface area contributed by atoms with E-state index < -0.39 is 17.5 Å². The minimum atomic E-state index is -1.46. The van der Waals surface area contributed by atoms with Gasteiger partial charge in [0.15, 0.2) is 17.5 Å². The first-order valence-electron chi connectivity index (χ1n) is 5.27. The third kappa shape index (κ3) is 2.59. The van der Waals surface area contributed by atoms with Crippen LogP contribution < -0.4 is 0 Å². The lowest BCUT2D eigenvalue weighted by Gasteiger charge is -2.04. The minimum absolute atomic E-state index is 0.271. The molecule has 0 aliphatic carbocycles. The largest absolute Gasteiger partial charge is 0.298 e. The fraction of sp³-hybridized carbons (Fsp3) is 0.0714. The number of hydrogen-bond acceptors (Lipinski definition) is 1. The predicted octanol–water partition coefficient (Wildman–Crippen LogP) is 3.51. The molecule has 0 radical (unpaired) electrons. The van der Waals surface area contributed by atoms with Gasteiger partial charge in [-0.05, 0) is 29.7 Å². The number of carbonyl (C=O) groups excluding carboxylic acids is 1. The van der Waals surface area contributed by atoms with Gasteiger partial charge < -0.3 is 0 Å². The van der Waals surface area contributed by atoms with E-state index in [4.69, 9.17) is 0 Å². The van der Waals surface area contributed by atoms with E-state index in [9.17, 15) is 18.0 Å². The standard InChI is InChI=1S/C14H9F3O/c15-12-6-11(7-13(16)14(12)17)5-9-1-3-10(8-18)4-2-9/h1-4,6-8H,5H2. The van der Waals surface area contributed by atoms with Gasteiger partial charge in [-0.3, -0.25) is 4.79 Å². The fourth-order valence-corrected chi connectivity index (χ4v) is 1.66. The van der Waals surface area contributed by atoms with E-state index in [1.54, 1.807) is 24.3 Å². The molecule has 0 saturated carbocycles. The van der Waals surface area contributed by atoms with E-state index in [1.165, 1.54) is 0 Å². The van der Waals surface area contributed by atoms with Crippen LogP contribution in [-0.4, -0.2) is 6.29 Å². The molecule has 0 bridgehead atoms. The van der Waals surface area contributed by atoms with Gasteiger partial charge in [0.2, 0.25) is 0 Å². The van der Waals surface area contributed by atoms with E-state index in [0.717, 1.165) is 17.7 Å². The molecule has 0 aromatic heterocycles. The second-order valence-corrected chi connectivity index (χ2v) is 3.91. The Bertz CT molecular complexity index is 553. The third-order valence-corrected chi connectivity index (χ3v) is 2.57. The number of aldehydes is 1. The van der Waals surface area contributed by atoms with Gasteiger partial charge in [0.1, 0.15) is 6.29 Å². The second-order valence-electron chi connectivity index (χ2n) is 3.91. The monoisotopic (exact) mass is 250 g/mol. The van der Waals surface area contributed by atoms with Gasteiger partial charge in [0.25, 0.3) is 0 Å². The third-order valence-electron chi connectivity index (χ3n) is 2.57. The molecule has 0 amide bonds. The van der Waals surface area contributed by atoms with Crippen molar-refractivity contribution in [1.82, 2.24) is 0 Å². The summed E-state index contributed by atoms with van der Waals surface area (Å²) in [5, 5.41) is 0. The summed E-state index contributed by atoms with van der Waals surface area (Å²) in [4.78, 5) is 10.5. The topological polar surface area (TPSA) is 17.1 Å².